The Morgan fingerprint density at radius 3 is 1.47 bits per heavy atom. The zero-order valence-electron chi connectivity index (χ0n) is 11.8. The second kappa shape index (κ2) is 9.44. The predicted octanol–water partition coefficient (Wildman–Crippen LogP) is 0.0316. The average Bonchev–Trinajstić information content (AvgIpc) is 2.33. The standard InChI is InChI=1S/C12H26O5S2/c1-6(2)18-12(19-7(3)4)11(17)10(16)9(15)8(14)5-13/h6-17H,5H2,1-4H3/t8-,9-,10+,11-/m1/s1. The van der Waals surface area contributed by atoms with Crippen molar-refractivity contribution >= 4 is 23.5 Å². The smallest absolute Gasteiger partial charge is 0.111 e. The lowest BCUT2D eigenvalue weighted by molar-refractivity contribution is -0.111. The Morgan fingerprint density at radius 1 is 0.737 bits per heavy atom. The molecule has 19 heavy (non-hydrogen) atoms. The number of hydrogen-bond donors (Lipinski definition) is 5. The lowest BCUT2D eigenvalue weighted by Crippen LogP contribution is -2.49. The minimum Gasteiger partial charge on any atom is -0.394 e. The molecule has 0 aliphatic carbocycles. The van der Waals surface area contributed by atoms with E-state index in [1.807, 2.05) is 27.7 Å². The van der Waals surface area contributed by atoms with E-state index < -0.39 is 31.0 Å². The van der Waals surface area contributed by atoms with Crippen molar-refractivity contribution in [2.45, 2.75) is 67.2 Å². The van der Waals surface area contributed by atoms with Crippen molar-refractivity contribution in [1.29, 1.82) is 0 Å². The fourth-order valence-electron chi connectivity index (χ4n) is 1.43. The van der Waals surface area contributed by atoms with Crippen molar-refractivity contribution < 1.29 is 25.5 Å². The quantitative estimate of drug-likeness (QED) is 0.383. The Balaban J connectivity index is 4.71. The van der Waals surface area contributed by atoms with Crippen LogP contribution in [-0.4, -0.2) is 71.6 Å². The molecule has 0 radical (unpaired) electrons. The van der Waals surface area contributed by atoms with Crippen molar-refractivity contribution in [3.8, 4) is 0 Å². The van der Waals surface area contributed by atoms with Crippen LogP contribution in [0.4, 0.5) is 0 Å². The Labute approximate surface area is 123 Å². The van der Waals surface area contributed by atoms with Gasteiger partial charge in [0.05, 0.1) is 11.2 Å². The van der Waals surface area contributed by atoms with Crippen molar-refractivity contribution in [3.05, 3.63) is 0 Å². The highest BCUT2D eigenvalue weighted by Gasteiger charge is 2.35. The molecule has 0 unspecified atom stereocenters. The molecule has 116 valence electrons. The maximum atomic E-state index is 10.1. The maximum Gasteiger partial charge on any atom is 0.111 e. The van der Waals surface area contributed by atoms with E-state index in [1.165, 1.54) is 23.5 Å². The van der Waals surface area contributed by atoms with Crippen molar-refractivity contribution in [1.82, 2.24) is 0 Å². The van der Waals surface area contributed by atoms with Crippen LogP contribution in [0.25, 0.3) is 0 Å². The summed E-state index contributed by atoms with van der Waals surface area (Å²) in [4.78, 5) is 0. The summed E-state index contributed by atoms with van der Waals surface area (Å²) in [6, 6.07) is 0. The van der Waals surface area contributed by atoms with Gasteiger partial charge in [0.2, 0.25) is 0 Å². The second-order valence-electron chi connectivity index (χ2n) is 4.96. The van der Waals surface area contributed by atoms with Crippen molar-refractivity contribution in [2.75, 3.05) is 6.61 Å². The highest BCUT2D eigenvalue weighted by Crippen LogP contribution is 2.34. The van der Waals surface area contributed by atoms with E-state index in [0.29, 0.717) is 0 Å². The second-order valence-corrected chi connectivity index (χ2v) is 8.70. The molecular weight excluding hydrogens is 288 g/mol. The Morgan fingerprint density at radius 2 is 1.16 bits per heavy atom. The van der Waals surface area contributed by atoms with Crippen LogP contribution in [0.1, 0.15) is 27.7 Å². The van der Waals surface area contributed by atoms with Gasteiger partial charge in [-0.15, -0.1) is 23.5 Å². The highest BCUT2D eigenvalue weighted by atomic mass is 32.2. The monoisotopic (exact) mass is 314 g/mol. The minimum absolute atomic E-state index is 0.262. The molecule has 0 rings (SSSR count). The molecule has 0 saturated heterocycles. The highest BCUT2D eigenvalue weighted by molar-refractivity contribution is 8.17. The number of aliphatic hydroxyl groups is 5. The van der Waals surface area contributed by atoms with Crippen LogP contribution in [0, 0.1) is 0 Å². The molecule has 7 heteroatoms. The van der Waals surface area contributed by atoms with Gasteiger partial charge in [0.25, 0.3) is 0 Å². The third kappa shape index (κ3) is 7.17. The van der Waals surface area contributed by atoms with E-state index in [2.05, 4.69) is 0 Å². The summed E-state index contributed by atoms with van der Waals surface area (Å²) in [5, 5.41) is 48.2. The summed E-state index contributed by atoms with van der Waals surface area (Å²) in [5.41, 5.74) is 0. The van der Waals surface area contributed by atoms with Gasteiger partial charge in [-0.1, -0.05) is 27.7 Å². The zero-order valence-corrected chi connectivity index (χ0v) is 13.4. The Bertz CT molecular complexity index is 230. The molecule has 0 heterocycles. The van der Waals surface area contributed by atoms with E-state index in [0.717, 1.165) is 0 Å². The predicted molar refractivity (Wildman–Crippen MR) is 80.4 cm³/mol. The Kier molecular flexibility index (Phi) is 9.69. The molecule has 5 nitrogen and oxygen atoms in total. The lowest BCUT2D eigenvalue weighted by atomic mass is 10.0. The number of hydrogen-bond acceptors (Lipinski definition) is 7. The van der Waals surface area contributed by atoms with Crippen LogP contribution in [-0.2, 0) is 0 Å². The molecule has 0 bridgehead atoms. The first-order chi connectivity index (χ1) is 8.70. The van der Waals surface area contributed by atoms with Crippen LogP contribution in [0.15, 0.2) is 0 Å². The van der Waals surface area contributed by atoms with E-state index in [4.69, 9.17) is 5.11 Å². The van der Waals surface area contributed by atoms with E-state index in [-0.39, 0.29) is 15.1 Å². The zero-order chi connectivity index (χ0) is 15.2. The maximum absolute atomic E-state index is 10.1. The number of thioether (sulfide) groups is 2. The van der Waals surface area contributed by atoms with Gasteiger partial charge in [-0.25, -0.2) is 0 Å². The van der Waals surface area contributed by atoms with Crippen LogP contribution >= 0.6 is 23.5 Å². The Hall–Kier alpha value is 0.500. The van der Waals surface area contributed by atoms with Gasteiger partial charge in [0.1, 0.15) is 24.4 Å². The van der Waals surface area contributed by atoms with Gasteiger partial charge >= 0.3 is 0 Å². The minimum atomic E-state index is -1.57. The molecule has 0 aromatic rings. The molecule has 0 aromatic heterocycles. The van der Waals surface area contributed by atoms with Crippen LogP contribution in [0.3, 0.4) is 0 Å². The first-order valence-electron chi connectivity index (χ1n) is 6.34. The van der Waals surface area contributed by atoms with Gasteiger partial charge in [-0.05, 0) is 0 Å². The lowest BCUT2D eigenvalue weighted by Gasteiger charge is -2.32. The number of rotatable bonds is 9. The fraction of sp³-hybridized carbons (Fsp3) is 1.00. The third-order valence-electron chi connectivity index (χ3n) is 2.37. The topological polar surface area (TPSA) is 101 Å². The summed E-state index contributed by atoms with van der Waals surface area (Å²) in [6.07, 6.45) is -5.71. The largest absolute Gasteiger partial charge is 0.394 e. The van der Waals surface area contributed by atoms with Gasteiger partial charge < -0.3 is 25.5 Å². The summed E-state index contributed by atoms with van der Waals surface area (Å²) in [6.45, 7) is 7.27. The summed E-state index contributed by atoms with van der Waals surface area (Å²) in [5.74, 6) is 0. The molecule has 0 aromatic carbocycles. The fourth-order valence-corrected chi connectivity index (χ4v) is 4.74. The van der Waals surface area contributed by atoms with Gasteiger partial charge in [0.15, 0.2) is 0 Å². The third-order valence-corrected chi connectivity index (χ3v) is 5.22. The van der Waals surface area contributed by atoms with Gasteiger partial charge in [-0.3, -0.25) is 0 Å². The molecule has 0 fully saturated rings. The van der Waals surface area contributed by atoms with Crippen LogP contribution in [0.2, 0.25) is 0 Å². The molecule has 4 atom stereocenters. The van der Waals surface area contributed by atoms with Crippen molar-refractivity contribution in [3.63, 3.8) is 0 Å². The van der Waals surface area contributed by atoms with E-state index in [1.54, 1.807) is 0 Å². The van der Waals surface area contributed by atoms with E-state index in [9.17, 15) is 20.4 Å². The SMILES string of the molecule is CC(C)SC(SC(C)C)[C@H](O)[C@@H](O)[C@H](O)[C@H](O)CO. The van der Waals surface area contributed by atoms with E-state index >= 15 is 0 Å². The summed E-state index contributed by atoms with van der Waals surface area (Å²) < 4.78 is -0.310. The molecule has 0 aliphatic rings. The first kappa shape index (κ1) is 19.5. The summed E-state index contributed by atoms with van der Waals surface area (Å²) in [7, 11) is 0. The molecule has 5 N–H and O–H groups in total. The van der Waals surface area contributed by atoms with Crippen molar-refractivity contribution in [2.24, 2.45) is 0 Å². The van der Waals surface area contributed by atoms with Gasteiger partial charge in [0, 0.05) is 10.5 Å². The van der Waals surface area contributed by atoms with Crippen LogP contribution in [0.5, 0.6) is 0 Å². The molecule has 0 amide bonds. The summed E-state index contributed by atoms with van der Waals surface area (Å²) >= 11 is 3.00. The molecule has 0 aliphatic heterocycles. The van der Waals surface area contributed by atoms with Crippen LogP contribution < -0.4 is 0 Å². The molecule has 0 saturated carbocycles. The number of aliphatic hydroxyl groups excluding tert-OH is 5. The molecular formula is C12H26O5S2. The first-order valence-corrected chi connectivity index (χ1v) is 8.23. The molecule has 0 spiro atoms. The normalized spacial score (nSPS) is 18.9. The van der Waals surface area contributed by atoms with Gasteiger partial charge in [-0.2, -0.15) is 0 Å². The average molecular weight is 314 g/mol.